The van der Waals surface area contributed by atoms with Crippen LogP contribution in [-0.4, -0.2) is 35.4 Å². The molecule has 1 aliphatic rings. The lowest BCUT2D eigenvalue weighted by atomic mass is 9.93. The molecule has 156 valence electrons. The third-order valence-corrected chi connectivity index (χ3v) is 4.93. The molecule has 1 aliphatic heterocycles. The van der Waals surface area contributed by atoms with Crippen LogP contribution < -0.4 is 15.4 Å². The molecule has 3 rings (SSSR count). The van der Waals surface area contributed by atoms with Gasteiger partial charge in [0.25, 0.3) is 11.6 Å². The van der Waals surface area contributed by atoms with E-state index >= 15 is 0 Å². The van der Waals surface area contributed by atoms with Gasteiger partial charge in [0.2, 0.25) is 0 Å². The van der Waals surface area contributed by atoms with E-state index in [9.17, 15) is 19.7 Å². The highest BCUT2D eigenvalue weighted by Gasteiger charge is 2.35. The molecule has 9 heteroatoms. The Morgan fingerprint density at radius 1 is 1.27 bits per heavy atom. The van der Waals surface area contributed by atoms with Gasteiger partial charge >= 0.3 is 6.03 Å². The zero-order valence-electron chi connectivity index (χ0n) is 16.8. The summed E-state index contributed by atoms with van der Waals surface area (Å²) >= 11 is 0. The molecule has 0 unspecified atom stereocenters. The Bertz CT molecular complexity index is 1030. The lowest BCUT2D eigenvalue weighted by Gasteiger charge is -2.35. The molecule has 2 aromatic carbocycles. The fourth-order valence-corrected chi connectivity index (χ4v) is 3.46. The number of ether oxygens (including phenoxy) is 1. The van der Waals surface area contributed by atoms with Crippen LogP contribution in [0.5, 0.6) is 5.75 Å². The maximum absolute atomic E-state index is 13.3. The standard InChI is InChI=1S/C21H22N4O5/c1-4-24-13(2)18(20(26)22-16-10-5-6-11-17(16)30-3)19(23-21(24)27)14-8-7-9-15(12-14)25(28)29/h5-12,19H,4H2,1-3H3,(H,22,26)(H,23,27)/t19-/m1/s1. The van der Waals surface area contributed by atoms with Gasteiger partial charge in [0.15, 0.2) is 0 Å². The second kappa shape index (κ2) is 8.64. The number of nitro groups is 1. The van der Waals surface area contributed by atoms with Crippen LogP contribution in [0.25, 0.3) is 0 Å². The van der Waals surface area contributed by atoms with Crippen LogP contribution in [0.3, 0.4) is 0 Å². The summed E-state index contributed by atoms with van der Waals surface area (Å²) in [5, 5.41) is 16.8. The van der Waals surface area contributed by atoms with Crippen molar-refractivity contribution in [3.63, 3.8) is 0 Å². The van der Waals surface area contributed by atoms with Gasteiger partial charge in [0.05, 0.1) is 29.3 Å². The fourth-order valence-electron chi connectivity index (χ4n) is 3.46. The summed E-state index contributed by atoms with van der Waals surface area (Å²) in [5.41, 5.74) is 1.57. The molecule has 0 radical (unpaired) electrons. The predicted octanol–water partition coefficient (Wildman–Crippen LogP) is 3.60. The number of carbonyl (C=O) groups is 2. The van der Waals surface area contributed by atoms with Gasteiger partial charge in [-0.1, -0.05) is 24.3 Å². The average Bonchev–Trinajstić information content (AvgIpc) is 2.74. The van der Waals surface area contributed by atoms with Crippen molar-refractivity contribution in [2.45, 2.75) is 19.9 Å². The van der Waals surface area contributed by atoms with Gasteiger partial charge in [-0.2, -0.15) is 0 Å². The number of hydrogen-bond acceptors (Lipinski definition) is 5. The van der Waals surface area contributed by atoms with Crippen molar-refractivity contribution in [1.29, 1.82) is 0 Å². The van der Waals surface area contributed by atoms with E-state index in [1.807, 2.05) is 0 Å². The van der Waals surface area contributed by atoms with Crippen molar-refractivity contribution >= 4 is 23.3 Å². The van der Waals surface area contributed by atoms with E-state index in [0.717, 1.165) is 0 Å². The zero-order valence-corrected chi connectivity index (χ0v) is 16.8. The molecule has 0 aromatic heterocycles. The van der Waals surface area contributed by atoms with Crippen LogP contribution in [-0.2, 0) is 4.79 Å². The van der Waals surface area contributed by atoms with E-state index in [4.69, 9.17) is 4.74 Å². The zero-order chi connectivity index (χ0) is 21.8. The van der Waals surface area contributed by atoms with Gasteiger partial charge in [-0.05, 0) is 31.5 Å². The number of allylic oxidation sites excluding steroid dienone is 1. The molecule has 0 saturated carbocycles. The number of benzene rings is 2. The van der Waals surface area contributed by atoms with Gasteiger partial charge in [-0.25, -0.2) is 4.79 Å². The van der Waals surface area contributed by atoms with E-state index in [-0.39, 0.29) is 11.7 Å². The number of amides is 3. The predicted molar refractivity (Wildman–Crippen MR) is 111 cm³/mol. The molecule has 0 fully saturated rings. The number of non-ortho nitro benzene ring substituents is 1. The fraction of sp³-hybridized carbons (Fsp3) is 0.238. The van der Waals surface area contributed by atoms with Gasteiger partial charge in [0, 0.05) is 24.4 Å². The van der Waals surface area contributed by atoms with Crippen molar-refractivity contribution in [1.82, 2.24) is 10.2 Å². The molecule has 3 amide bonds. The van der Waals surface area contributed by atoms with Crippen molar-refractivity contribution in [2.24, 2.45) is 0 Å². The molecule has 2 N–H and O–H groups in total. The van der Waals surface area contributed by atoms with E-state index in [1.54, 1.807) is 44.2 Å². The van der Waals surface area contributed by atoms with E-state index < -0.39 is 16.9 Å². The van der Waals surface area contributed by atoms with Crippen LogP contribution in [0.4, 0.5) is 16.2 Å². The summed E-state index contributed by atoms with van der Waals surface area (Å²) in [6.45, 7) is 3.85. The van der Waals surface area contributed by atoms with Crippen molar-refractivity contribution < 1.29 is 19.2 Å². The summed E-state index contributed by atoms with van der Waals surface area (Å²) in [4.78, 5) is 38.0. The monoisotopic (exact) mass is 410 g/mol. The largest absolute Gasteiger partial charge is 0.495 e. The lowest BCUT2D eigenvalue weighted by Crippen LogP contribution is -2.48. The van der Waals surface area contributed by atoms with Crippen LogP contribution in [0.1, 0.15) is 25.5 Å². The number of methoxy groups -OCH3 is 1. The quantitative estimate of drug-likeness (QED) is 0.558. The van der Waals surface area contributed by atoms with Gasteiger partial charge in [-0.3, -0.25) is 19.8 Å². The summed E-state index contributed by atoms with van der Waals surface area (Å²) < 4.78 is 5.29. The molecule has 1 heterocycles. The lowest BCUT2D eigenvalue weighted by molar-refractivity contribution is -0.384. The van der Waals surface area contributed by atoms with Crippen molar-refractivity contribution in [3.05, 3.63) is 75.5 Å². The topological polar surface area (TPSA) is 114 Å². The number of nitro benzene ring substituents is 1. The molecule has 0 saturated heterocycles. The number of nitrogens with zero attached hydrogens (tertiary/aromatic N) is 2. The molecule has 0 aliphatic carbocycles. The summed E-state index contributed by atoms with van der Waals surface area (Å²) in [6, 6.07) is 11.6. The third kappa shape index (κ3) is 3.95. The average molecular weight is 410 g/mol. The minimum atomic E-state index is -0.838. The number of nitrogens with one attached hydrogen (secondary N) is 2. The van der Waals surface area contributed by atoms with E-state index in [0.29, 0.717) is 34.8 Å². The summed E-state index contributed by atoms with van der Waals surface area (Å²) in [6.07, 6.45) is 0. The molecule has 0 spiro atoms. The molecule has 1 atom stereocenters. The second-order valence-electron chi connectivity index (χ2n) is 6.63. The Morgan fingerprint density at radius 2 is 2.00 bits per heavy atom. The maximum atomic E-state index is 13.3. The SMILES string of the molecule is CCN1C(=O)N[C@H](c2cccc([N+](=O)[O-])c2)C(C(=O)Nc2ccccc2OC)=C1C. The minimum Gasteiger partial charge on any atom is -0.495 e. The number of urea groups is 1. The molecular formula is C21H22N4O5. The molecule has 9 nitrogen and oxygen atoms in total. The number of anilines is 1. The van der Waals surface area contributed by atoms with Crippen LogP contribution in [0, 0.1) is 10.1 Å². The van der Waals surface area contributed by atoms with E-state index in [2.05, 4.69) is 10.6 Å². The highest BCUT2D eigenvalue weighted by Crippen LogP contribution is 2.33. The number of rotatable bonds is 6. The van der Waals surface area contributed by atoms with Gasteiger partial charge < -0.3 is 15.4 Å². The number of para-hydroxylation sites is 2. The smallest absolute Gasteiger partial charge is 0.322 e. The van der Waals surface area contributed by atoms with Crippen LogP contribution in [0.2, 0.25) is 0 Å². The second-order valence-corrected chi connectivity index (χ2v) is 6.63. The first kappa shape index (κ1) is 20.8. The molecular weight excluding hydrogens is 388 g/mol. The highest BCUT2D eigenvalue weighted by atomic mass is 16.6. The first-order chi connectivity index (χ1) is 14.4. The molecule has 0 bridgehead atoms. The molecule has 2 aromatic rings. The summed E-state index contributed by atoms with van der Waals surface area (Å²) in [7, 11) is 1.50. The van der Waals surface area contributed by atoms with Crippen molar-refractivity contribution in [3.8, 4) is 5.75 Å². The number of hydrogen-bond donors (Lipinski definition) is 2. The maximum Gasteiger partial charge on any atom is 0.322 e. The molecule has 30 heavy (non-hydrogen) atoms. The van der Waals surface area contributed by atoms with Gasteiger partial charge in [-0.15, -0.1) is 0 Å². The Kier molecular flexibility index (Phi) is 6.01. The Labute approximate surface area is 173 Å². The normalized spacial score (nSPS) is 16.2. The van der Waals surface area contributed by atoms with Crippen LogP contribution >= 0.6 is 0 Å². The van der Waals surface area contributed by atoms with Crippen LogP contribution in [0.15, 0.2) is 59.8 Å². The third-order valence-electron chi connectivity index (χ3n) is 4.93. The Balaban J connectivity index is 2.06. The Morgan fingerprint density at radius 3 is 2.67 bits per heavy atom. The first-order valence-electron chi connectivity index (χ1n) is 9.34. The first-order valence-corrected chi connectivity index (χ1v) is 9.34. The Hall–Kier alpha value is -3.88. The number of carbonyl (C=O) groups excluding carboxylic acids is 2. The van der Waals surface area contributed by atoms with E-state index in [1.165, 1.54) is 30.2 Å². The van der Waals surface area contributed by atoms with Gasteiger partial charge in [0.1, 0.15) is 5.75 Å². The van der Waals surface area contributed by atoms with Crippen molar-refractivity contribution in [2.75, 3.05) is 19.0 Å². The minimum absolute atomic E-state index is 0.123. The highest BCUT2D eigenvalue weighted by molar-refractivity contribution is 6.07. The summed E-state index contributed by atoms with van der Waals surface area (Å²) in [5.74, 6) is 0.0511.